The van der Waals surface area contributed by atoms with Crippen LogP contribution in [0, 0.1) is 0 Å². The number of carbonyl (C=O) groups is 3. The Hall–Kier alpha value is -3.87. The molecule has 0 saturated carbocycles. The lowest BCUT2D eigenvalue weighted by Crippen LogP contribution is -2.30. The van der Waals surface area contributed by atoms with Gasteiger partial charge in [0.1, 0.15) is 17.2 Å². The predicted molar refractivity (Wildman–Crippen MR) is 112 cm³/mol. The summed E-state index contributed by atoms with van der Waals surface area (Å²) in [4.78, 5) is 36.2. The fraction of sp³-hybridized carbons (Fsp3) is 0.174. The van der Waals surface area contributed by atoms with Crippen LogP contribution in [-0.4, -0.2) is 28.3 Å². The van der Waals surface area contributed by atoms with Crippen molar-refractivity contribution in [1.29, 1.82) is 0 Å². The predicted octanol–water partition coefficient (Wildman–Crippen LogP) is 4.20. The van der Waals surface area contributed by atoms with Crippen molar-refractivity contribution in [2.75, 3.05) is 5.32 Å². The van der Waals surface area contributed by atoms with Crippen molar-refractivity contribution in [3.05, 3.63) is 78.1 Å². The molecule has 3 rings (SSSR count). The molecule has 1 aromatic heterocycles. The van der Waals surface area contributed by atoms with Gasteiger partial charge in [-0.05, 0) is 56.3 Å². The Bertz CT molecular complexity index is 1050. The maximum absolute atomic E-state index is 12.4. The van der Waals surface area contributed by atoms with E-state index in [0.29, 0.717) is 22.7 Å². The van der Waals surface area contributed by atoms with E-state index in [1.807, 2.05) is 30.3 Å². The molecular weight excluding hydrogens is 384 g/mol. The number of ether oxygens (including phenoxy) is 2. The number of amides is 1. The number of para-hydroxylation sites is 1. The molecule has 0 aliphatic heterocycles. The number of carbonyl (C=O) groups excluding carboxylic acids is 3. The number of aryl methyl sites for hydroxylation is 1. The van der Waals surface area contributed by atoms with E-state index in [2.05, 4.69) is 5.32 Å². The zero-order valence-electron chi connectivity index (χ0n) is 16.9. The fourth-order valence-electron chi connectivity index (χ4n) is 2.71. The van der Waals surface area contributed by atoms with Crippen LogP contribution in [0.5, 0.6) is 11.5 Å². The lowest BCUT2D eigenvalue weighted by atomic mass is 10.2. The van der Waals surface area contributed by atoms with Crippen LogP contribution >= 0.6 is 0 Å². The average Bonchev–Trinajstić information content (AvgIpc) is 3.12. The van der Waals surface area contributed by atoms with E-state index < -0.39 is 18.0 Å². The maximum atomic E-state index is 12.4. The molecule has 0 fully saturated rings. The largest absolute Gasteiger partial charge is 0.457 e. The molecule has 1 heterocycles. The number of ketones is 1. The summed E-state index contributed by atoms with van der Waals surface area (Å²) in [5.41, 5.74) is 1.14. The minimum absolute atomic E-state index is 0.157. The summed E-state index contributed by atoms with van der Waals surface area (Å²) in [6.07, 6.45) is 0.524. The van der Waals surface area contributed by atoms with Gasteiger partial charge < -0.3 is 19.4 Å². The van der Waals surface area contributed by atoms with Crippen LogP contribution in [-0.2, 0) is 16.6 Å². The number of esters is 1. The first kappa shape index (κ1) is 20.9. The van der Waals surface area contributed by atoms with Crippen molar-refractivity contribution >= 4 is 23.3 Å². The third kappa shape index (κ3) is 5.14. The molecule has 0 aliphatic rings. The number of Topliss-reactive ketones (excluding diaryl/α,β-unsaturated/α-hetero) is 1. The molecule has 154 valence electrons. The van der Waals surface area contributed by atoms with Crippen LogP contribution in [0.4, 0.5) is 5.69 Å². The van der Waals surface area contributed by atoms with Crippen LogP contribution < -0.4 is 10.1 Å². The molecule has 0 unspecified atom stereocenters. The van der Waals surface area contributed by atoms with E-state index in [-0.39, 0.29) is 11.5 Å². The minimum atomic E-state index is -1.02. The molecule has 7 heteroatoms. The molecular formula is C23H22N2O5. The summed E-state index contributed by atoms with van der Waals surface area (Å²) in [5.74, 6) is 0.0301. The molecule has 0 radical (unpaired) electrons. The Kier molecular flexibility index (Phi) is 6.32. The molecule has 0 spiro atoms. The van der Waals surface area contributed by atoms with E-state index >= 15 is 0 Å². The first-order valence-corrected chi connectivity index (χ1v) is 9.35. The minimum Gasteiger partial charge on any atom is -0.457 e. The normalized spacial score (nSPS) is 11.4. The molecule has 0 saturated heterocycles. The number of hydrogen-bond acceptors (Lipinski definition) is 5. The van der Waals surface area contributed by atoms with E-state index in [1.165, 1.54) is 24.5 Å². The summed E-state index contributed by atoms with van der Waals surface area (Å²) in [5, 5.41) is 2.70. The second-order valence-electron chi connectivity index (χ2n) is 6.76. The van der Waals surface area contributed by atoms with Crippen molar-refractivity contribution in [1.82, 2.24) is 4.57 Å². The molecule has 30 heavy (non-hydrogen) atoms. The maximum Gasteiger partial charge on any atom is 0.355 e. The SMILES string of the molecule is CC(=O)c1cc(C(=O)O[C@@H](C)C(=O)Nc2ccc(Oc3ccccc3)cc2)n(C)c1. The van der Waals surface area contributed by atoms with E-state index in [0.717, 1.165) is 0 Å². The van der Waals surface area contributed by atoms with E-state index in [4.69, 9.17) is 9.47 Å². The Labute approximate surface area is 174 Å². The molecule has 0 bridgehead atoms. The number of nitrogens with zero attached hydrogens (tertiary/aromatic N) is 1. The first-order chi connectivity index (χ1) is 14.3. The molecule has 3 aromatic rings. The number of nitrogens with one attached hydrogen (secondary N) is 1. The van der Waals surface area contributed by atoms with Crippen LogP contribution in [0.15, 0.2) is 66.9 Å². The lowest BCUT2D eigenvalue weighted by Gasteiger charge is -2.14. The van der Waals surface area contributed by atoms with Crippen molar-refractivity contribution < 1.29 is 23.9 Å². The van der Waals surface area contributed by atoms with Gasteiger partial charge >= 0.3 is 5.97 Å². The highest BCUT2D eigenvalue weighted by molar-refractivity contribution is 5.99. The van der Waals surface area contributed by atoms with Crippen LogP contribution in [0.2, 0.25) is 0 Å². The highest BCUT2D eigenvalue weighted by Crippen LogP contribution is 2.22. The number of anilines is 1. The Balaban J connectivity index is 1.57. The topological polar surface area (TPSA) is 86.6 Å². The molecule has 7 nitrogen and oxygen atoms in total. The van der Waals surface area contributed by atoms with Gasteiger partial charge in [0.05, 0.1) is 0 Å². The van der Waals surface area contributed by atoms with Gasteiger partial charge in [0.25, 0.3) is 5.91 Å². The molecule has 1 amide bonds. The number of rotatable bonds is 7. The van der Waals surface area contributed by atoms with Gasteiger partial charge in [0.2, 0.25) is 0 Å². The molecule has 1 N–H and O–H groups in total. The van der Waals surface area contributed by atoms with Crippen LogP contribution in [0.3, 0.4) is 0 Å². The molecule has 1 atom stereocenters. The Morgan fingerprint density at radius 3 is 2.20 bits per heavy atom. The lowest BCUT2D eigenvalue weighted by molar-refractivity contribution is -0.123. The number of hydrogen-bond donors (Lipinski definition) is 1. The fourth-order valence-corrected chi connectivity index (χ4v) is 2.71. The van der Waals surface area contributed by atoms with Crippen LogP contribution in [0.25, 0.3) is 0 Å². The standard InChI is InChI=1S/C23H22N2O5/c1-15(26)17-13-21(25(3)14-17)23(28)29-16(2)22(27)24-18-9-11-20(12-10-18)30-19-7-5-4-6-8-19/h4-14,16H,1-3H3,(H,24,27)/t16-/m0/s1. The average molecular weight is 406 g/mol. The van der Waals surface area contributed by atoms with Crippen molar-refractivity contribution in [2.24, 2.45) is 7.05 Å². The summed E-state index contributed by atoms with van der Waals surface area (Å²) in [7, 11) is 1.63. The second-order valence-corrected chi connectivity index (χ2v) is 6.76. The third-order valence-corrected chi connectivity index (χ3v) is 4.37. The zero-order valence-corrected chi connectivity index (χ0v) is 16.9. The van der Waals surface area contributed by atoms with Gasteiger partial charge in [0.15, 0.2) is 11.9 Å². The monoisotopic (exact) mass is 406 g/mol. The summed E-state index contributed by atoms with van der Waals surface area (Å²) in [6, 6.07) is 17.6. The third-order valence-electron chi connectivity index (χ3n) is 4.37. The van der Waals surface area contributed by atoms with E-state index in [9.17, 15) is 14.4 Å². The highest BCUT2D eigenvalue weighted by Gasteiger charge is 2.22. The number of benzene rings is 2. The van der Waals surface area contributed by atoms with Gasteiger partial charge in [-0.1, -0.05) is 18.2 Å². The number of aromatic nitrogens is 1. The van der Waals surface area contributed by atoms with Gasteiger partial charge in [0, 0.05) is 24.5 Å². The second kappa shape index (κ2) is 9.09. The van der Waals surface area contributed by atoms with E-state index in [1.54, 1.807) is 37.5 Å². The first-order valence-electron chi connectivity index (χ1n) is 9.35. The summed E-state index contributed by atoms with van der Waals surface area (Å²) >= 11 is 0. The Morgan fingerprint density at radius 1 is 0.967 bits per heavy atom. The smallest absolute Gasteiger partial charge is 0.355 e. The molecule has 0 aliphatic carbocycles. The molecule has 2 aromatic carbocycles. The van der Waals surface area contributed by atoms with Gasteiger partial charge in [-0.3, -0.25) is 9.59 Å². The van der Waals surface area contributed by atoms with Crippen molar-refractivity contribution in [3.8, 4) is 11.5 Å². The summed E-state index contributed by atoms with van der Waals surface area (Å²) < 4.78 is 12.4. The van der Waals surface area contributed by atoms with Gasteiger partial charge in [-0.25, -0.2) is 4.79 Å². The Morgan fingerprint density at radius 2 is 1.60 bits per heavy atom. The highest BCUT2D eigenvalue weighted by atomic mass is 16.5. The van der Waals surface area contributed by atoms with Crippen LogP contribution in [0.1, 0.15) is 34.7 Å². The van der Waals surface area contributed by atoms with Gasteiger partial charge in [-0.2, -0.15) is 0 Å². The van der Waals surface area contributed by atoms with Crippen molar-refractivity contribution in [3.63, 3.8) is 0 Å². The van der Waals surface area contributed by atoms with Crippen molar-refractivity contribution in [2.45, 2.75) is 20.0 Å². The zero-order chi connectivity index (χ0) is 21.7. The quantitative estimate of drug-likeness (QED) is 0.469. The van der Waals surface area contributed by atoms with Gasteiger partial charge in [-0.15, -0.1) is 0 Å². The summed E-state index contributed by atoms with van der Waals surface area (Å²) in [6.45, 7) is 2.89.